The molecule has 2 saturated heterocycles. The summed E-state index contributed by atoms with van der Waals surface area (Å²) in [6.07, 6.45) is 3.78. The summed E-state index contributed by atoms with van der Waals surface area (Å²) in [7, 11) is 0. The zero-order valence-corrected chi connectivity index (χ0v) is 16.7. The van der Waals surface area contributed by atoms with Crippen LogP contribution in [0.4, 0.5) is 4.39 Å². The number of guanidine groups is 1. The molecule has 0 bridgehead atoms. The number of benzene rings is 1. The molecule has 0 atom stereocenters. The summed E-state index contributed by atoms with van der Waals surface area (Å²) in [6.45, 7) is 6.44. The zero-order chi connectivity index (χ0) is 19.8. The number of hydrogen-bond acceptors (Lipinski definition) is 3. The van der Waals surface area contributed by atoms with Crippen molar-refractivity contribution in [2.45, 2.75) is 38.0 Å². The number of hydrogen-bond donors (Lipinski definition) is 2. The van der Waals surface area contributed by atoms with Crippen molar-refractivity contribution in [3.05, 3.63) is 35.6 Å². The van der Waals surface area contributed by atoms with E-state index in [2.05, 4.69) is 15.6 Å². The fourth-order valence-corrected chi connectivity index (χ4v) is 3.96. The topological polar surface area (TPSA) is 66.0 Å². The summed E-state index contributed by atoms with van der Waals surface area (Å²) in [6, 6.07) is 6.83. The molecular formula is C21H31FN4O2. The molecule has 2 heterocycles. The average Bonchev–Trinajstić information content (AvgIpc) is 3.25. The minimum Gasteiger partial charge on any atom is -0.381 e. The third kappa shape index (κ3) is 5.22. The number of carbonyl (C=O) groups is 1. The lowest BCUT2D eigenvalue weighted by atomic mass is 9.74. The molecule has 3 rings (SSSR count). The maximum atomic E-state index is 13.8. The molecule has 2 aliphatic heterocycles. The number of aliphatic imine (C=N–C) groups is 1. The van der Waals surface area contributed by atoms with Gasteiger partial charge in [0.2, 0.25) is 5.91 Å². The second-order valence-electron chi connectivity index (χ2n) is 7.54. The number of rotatable bonds is 6. The molecular weight excluding hydrogens is 359 g/mol. The third-order valence-electron chi connectivity index (χ3n) is 5.66. The Hall–Kier alpha value is -2.15. The number of carbonyl (C=O) groups excluding carboxylic acids is 1. The van der Waals surface area contributed by atoms with Crippen LogP contribution in [0.1, 0.15) is 38.2 Å². The van der Waals surface area contributed by atoms with Gasteiger partial charge >= 0.3 is 0 Å². The molecule has 0 aromatic heterocycles. The number of likely N-dealkylation sites (tertiary alicyclic amines) is 1. The van der Waals surface area contributed by atoms with E-state index < -0.39 is 0 Å². The van der Waals surface area contributed by atoms with E-state index in [1.807, 2.05) is 17.9 Å². The molecule has 1 aromatic rings. The zero-order valence-electron chi connectivity index (χ0n) is 16.7. The van der Waals surface area contributed by atoms with Gasteiger partial charge in [0, 0.05) is 44.8 Å². The van der Waals surface area contributed by atoms with Crippen LogP contribution in [-0.2, 0) is 14.9 Å². The van der Waals surface area contributed by atoms with Crippen molar-refractivity contribution in [3.8, 4) is 0 Å². The van der Waals surface area contributed by atoms with Crippen LogP contribution in [-0.4, -0.2) is 62.7 Å². The summed E-state index contributed by atoms with van der Waals surface area (Å²) in [5, 5.41) is 6.60. The average molecular weight is 391 g/mol. The number of amides is 1. The van der Waals surface area contributed by atoms with Crippen LogP contribution >= 0.6 is 0 Å². The molecule has 0 saturated carbocycles. The van der Waals surface area contributed by atoms with E-state index in [-0.39, 0.29) is 23.7 Å². The molecule has 154 valence electrons. The minimum atomic E-state index is -0.222. The van der Waals surface area contributed by atoms with E-state index in [1.54, 1.807) is 12.1 Å². The van der Waals surface area contributed by atoms with Gasteiger partial charge < -0.3 is 20.3 Å². The van der Waals surface area contributed by atoms with Crippen LogP contribution in [0, 0.1) is 5.82 Å². The Morgan fingerprint density at radius 3 is 2.68 bits per heavy atom. The first-order valence-electron chi connectivity index (χ1n) is 10.3. The van der Waals surface area contributed by atoms with Crippen LogP contribution in [0.25, 0.3) is 0 Å². The second kappa shape index (κ2) is 9.87. The summed E-state index contributed by atoms with van der Waals surface area (Å²) in [5.74, 6) is 0.470. The molecule has 0 unspecified atom stereocenters. The predicted octanol–water partition coefficient (Wildman–Crippen LogP) is 2.05. The first-order valence-corrected chi connectivity index (χ1v) is 10.3. The lowest BCUT2D eigenvalue weighted by Crippen LogP contribution is -2.48. The standard InChI is InChI=1S/C21H31FN4O2/c1-2-23-20(24-15-19(27)26-10-3-4-11-26)25-16-21(8-12-28-13-9-21)17-6-5-7-18(22)14-17/h5-7,14H,2-4,8-13,15-16H2,1H3,(H2,23,24,25). The normalized spacial score (nSPS) is 19.5. The highest BCUT2D eigenvalue weighted by atomic mass is 19.1. The highest BCUT2D eigenvalue weighted by Crippen LogP contribution is 2.34. The van der Waals surface area contributed by atoms with E-state index in [1.165, 1.54) is 6.07 Å². The summed E-state index contributed by atoms with van der Waals surface area (Å²) in [5.41, 5.74) is 0.766. The lowest BCUT2D eigenvalue weighted by molar-refractivity contribution is -0.128. The van der Waals surface area contributed by atoms with Crippen LogP contribution in [0.5, 0.6) is 0 Å². The molecule has 0 radical (unpaired) electrons. The molecule has 6 nitrogen and oxygen atoms in total. The maximum Gasteiger partial charge on any atom is 0.244 e. The van der Waals surface area contributed by atoms with E-state index >= 15 is 0 Å². The molecule has 2 fully saturated rings. The van der Waals surface area contributed by atoms with Crippen molar-refractivity contribution in [1.29, 1.82) is 0 Å². The Labute approximate surface area is 166 Å². The molecule has 2 aliphatic rings. The number of nitrogens with one attached hydrogen (secondary N) is 2. The summed E-state index contributed by atoms with van der Waals surface area (Å²) < 4.78 is 19.4. The molecule has 1 aromatic carbocycles. The molecule has 0 spiro atoms. The Morgan fingerprint density at radius 1 is 1.25 bits per heavy atom. The highest BCUT2D eigenvalue weighted by Gasteiger charge is 2.35. The number of nitrogens with zero attached hydrogens (tertiary/aromatic N) is 2. The van der Waals surface area contributed by atoms with Crippen molar-refractivity contribution in [3.63, 3.8) is 0 Å². The van der Waals surface area contributed by atoms with Crippen LogP contribution < -0.4 is 10.6 Å². The molecule has 7 heteroatoms. The fraction of sp³-hybridized carbons (Fsp3) is 0.619. The first-order chi connectivity index (χ1) is 13.6. The summed E-state index contributed by atoms with van der Waals surface area (Å²) in [4.78, 5) is 18.6. The van der Waals surface area contributed by atoms with Gasteiger partial charge in [-0.15, -0.1) is 0 Å². The predicted molar refractivity (Wildman–Crippen MR) is 108 cm³/mol. The van der Waals surface area contributed by atoms with Crippen molar-refractivity contribution in [2.75, 3.05) is 45.9 Å². The van der Waals surface area contributed by atoms with Crippen LogP contribution in [0.15, 0.2) is 29.3 Å². The van der Waals surface area contributed by atoms with E-state index in [0.717, 1.165) is 44.3 Å². The van der Waals surface area contributed by atoms with Gasteiger partial charge in [0.1, 0.15) is 12.4 Å². The second-order valence-corrected chi connectivity index (χ2v) is 7.54. The molecule has 1 amide bonds. The van der Waals surface area contributed by atoms with Gasteiger partial charge in [-0.1, -0.05) is 12.1 Å². The Morgan fingerprint density at radius 2 is 2.00 bits per heavy atom. The molecule has 2 N–H and O–H groups in total. The van der Waals surface area contributed by atoms with E-state index in [0.29, 0.717) is 32.3 Å². The van der Waals surface area contributed by atoms with Crippen molar-refractivity contribution >= 4 is 11.9 Å². The highest BCUT2D eigenvalue weighted by molar-refractivity contribution is 5.85. The van der Waals surface area contributed by atoms with Gasteiger partial charge in [-0.3, -0.25) is 4.79 Å². The van der Waals surface area contributed by atoms with Crippen LogP contribution in [0.3, 0.4) is 0 Å². The van der Waals surface area contributed by atoms with Gasteiger partial charge in [-0.2, -0.15) is 0 Å². The van der Waals surface area contributed by atoms with E-state index in [9.17, 15) is 9.18 Å². The van der Waals surface area contributed by atoms with Gasteiger partial charge in [0.25, 0.3) is 0 Å². The quantitative estimate of drug-likeness (QED) is 0.576. The Kier molecular flexibility index (Phi) is 7.25. The van der Waals surface area contributed by atoms with Gasteiger partial charge in [-0.25, -0.2) is 9.38 Å². The van der Waals surface area contributed by atoms with Gasteiger partial charge in [0.05, 0.1) is 0 Å². The van der Waals surface area contributed by atoms with Crippen molar-refractivity contribution in [2.24, 2.45) is 4.99 Å². The maximum absolute atomic E-state index is 13.8. The lowest BCUT2D eigenvalue weighted by Gasteiger charge is -2.38. The molecule has 28 heavy (non-hydrogen) atoms. The SMILES string of the molecule is CCNC(=NCC(=O)N1CCCC1)NCC1(c2cccc(F)c2)CCOCC1. The van der Waals surface area contributed by atoms with Crippen molar-refractivity contribution in [1.82, 2.24) is 15.5 Å². The largest absolute Gasteiger partial charge is 0.381 e. The van der Waals surface area contributed by atoms with Gasteiger partial charge in [0.15, 0.2) is 5.96 Å². The minimum absolute atomic E-state index is 0.0700. The third-order valence-corrected chi connectivity index (χ3v) is 5.66. The summed E-state index contributed by atoms with van der Waals surface area (Å²) >= 11 is 0. The monoisotopic (exact) mass is 390 g/mol. The Bertz CT molecular complexity index is 683. The first kappa shape index (κ1) is 20.6. The molecule has 0 aliphatic carbocycles. The smallest absolute Gasteiger partial charge is 0.244 e. The van der Waals surface area contributed by atoms with Crippen LogP contribution in [0.2, 0.25) is 0 Å². The van der Waals surface area contributed by atoms with Crippen molar-refractivity contribution < 1.29 is 13.9 Å². The Balaban J connectivity index is 1.68. The van der Waals surface area contributed by atoms with Gasteiger partial charge in [-0.05, 0) is 50.3 Å². The number of ether oxygens (including phenoxy) is 1. The van der Waals surface area contributed by atoms with E-state index in [4.69, 9.17) is 4.74 Å². The number of halogens is 1. The fourth-order valence-electron chi connectivity index (χ4n) is 3.96.